The zero-order chi connectivity index (χ0) is 14.5. The first-order valence-corrected chi connectivity index (χ1v) is 7.61. The second kappa shape index (κ2) is 6.71. The summed E-state index contributed by atoms with van der Waals surface area (Å²) in [5.41, 5.74) is 1.31. The van der Waals surface area contributed by atoms with Gasteiger partial charge in [0.05, 0.1) is 18.0 Å². The highest BCUT2D eigenvalue weighted by atomic mass is 32.2. The largest absolute Gasteiger partial charge is 0.392 e. The molecule has 19 heavy (non-hydrogen) atoms. The lowest BCUT2D eigenvalue weighted by atomic mass is 10.1. The average Bonchev–Trinajstić information content (AvgIpc) is 2.43. The number of sulfonamides is 1. The van der Waals surface area contributed by atoms with Gasteiger partial charge in [-0.3, -0.25) is 0 Å². The van der Waals surface area contributed by atoms with Gasteiger partial charge >= 0.3 is 0 Å². The van der Waals surface area contributed by atoms with Gasteiger partial charge in [0.1, 0.15) is 0 Å². The van der Waals surface area contributed by atoms with Crippen molar-refractivity contribution in [2.24, 2.45) is 0 Å². The minimum Gasteiger partial charge on any atom is -0.392 e. The van der Waals surface area contributed by atoms with Crippen molar-refractivity contribution in [3.8, 4) is 12.3 Å². The first-order chi connectivity index (χ1) is 9.01. The molecule has 0 saturated carbocycles. The van der Waals surface area contributed by atoms with Crippen molar-refractivity contribution in [3.05, 3.63) is 29.3 Å². The molecule has 0 saturated heterocycles. The van der Waals surface area contributed by atoms with E-state index in [1.807, 2.05) is 6.92 Å². The highest BCUT2D eigenvalue weighted by Crippen LogP contribution is 2.22. The zero-order valence-electron chi connectivity index (χ0n) is 11.3. The topological polar surface area (TPSA) is 57.6 Å². The fourth-order valence-corrected chi connectivity index (χ4v) is 3.54. The Morgan fingerprint density at radius 2 is 2.05 bits per heavy atom. The molecule has 0 atom stereocenters. The van der Waals surface area contributed by atoms with Crippen LogP contribution in [0.5, 0.6) is 0 Å². The van der Waals surface area contributed by atoms with Crippen molar-refractivity contribution in [1.82, 2.24) is 4.31 Å². The van der Waals surface area contributed by atoms with Crippen molar-refractivity contribution in [3.63, 3.8) is 0 Å². The minimum absolute atomic E-state index is 0.0470. The van der Waals surface area contributed by atoms with Crippen molar-refractivity contribution in [1.29, 1.82) is 0 Å². The molecule has 0 bridgehead atoms. The summed E-state index contributed by atoms with van der Waals surface area (Å²) < 4.78 is 26.4. The van der Waals surface area contributed by atoms with Gasteiger partial charge in [-0.15, -0.1) is 6.42 Å². The molecular weight excluding hydrogens is 262 g/mol. The first-order valence-electron chi connectivity index (χ1n) is 6.17. The highest BCUT2D eigenvalue weighted by molar-refractivity contribution is 7.89. The van der Waals surface area contributed by atoms with Crippen LogP contribution in [0.25, 0.3) is 0 Å². The maximum Gasteiger partial charge on any atom is 0.244 e. The lowest BCUT2D eigenvalue weighted by Crippen LogP contribution is -2.32. The summed E-state index contributed by atoms with van der Waals surface area (Å²) in [5, 5.41) is 9.15. The molecule has 0 spiro atoms. The minimum atomic E-state index is -3.61. The van der Waals surface area contributed by atoms with Gasteiger partial charge in [-0.25, -0.2) is 8.42 Å². The van der Waals surface area contributed by atoms with E-state index in [9.17, 15) is 8.42 Å². The van der Waals surface area contributed by atoms with Crippen LogP contribution in [0.3, 0.4) is 0 Å². The van der Waals surface area contributed by atoms with Gasteiger partial charge in [0.2, 0.25) is 10.0 Å². The van der Waals surface area contributed by atoms with Gasteiger partial charge in [0.25, 0.3) is 0 Å². The average molecular weight is 281 g/mol. The Hall–Kier alpha value is -1.35. The summed E-state index contributed by atoms with van der Waals surface area (Å²) in [6, 6.07) is 4.99. The number of nitrogens with zero attached hydrogens (tertiary/aromatic N) is 1. The Morgan fingerprint density at radius 1 is 1.37 bits per heavy atom. The second-order valence-corrected chi connectivity index (χ2v) is 6.00. The fraction of sp³-hybridized carbons (Fsp3) is 0.429. The van der Waals surface area contributed by atoms with Crippen molar-refractivity contribution >= 4 is 10.0 Å². The molecule has 0 amide bonds. The molecule has 0 aliphatic heterocycles. The Balaban J connectivity index is 3.37. The van der Waals surface area contributed by atoms with E-state index in [0.717, 1.165) is 5.56 Å². The Bertz CT molecular complexity index is 573. The Kier molecular flexibility index (Phi) is 5.55. The predicted octanol–water partition coefficient (Wildman–Crippen LogP) is 1.39. The third-order valence-corrected chi connectivity index (χ3v) is 4.94. The molecule has 1 N–H and O–H groups in total. The van der Waals surface area contributed by atoms with E-state index in [2.05, 4.69) is 5.92 Å². The summed E-state index contributed by atoms with van der Waals surface area (Å²) in [6.07, 6.45) is 5.82. The zero-order valence-corrected chi connectivity index (χ0v) is 12.1. The molecule has 1 aromatic carbocycles. The van der Waals surface area contributed by atoms with Crippen molar-refractivity contribution < 1.29 is 13.5 Å². The molecule has 1 rings (SSSR count). The van der Waals surface area contributed by atoms with Crippen LogP contribution in [-0.2, 0) is 23.1 Å². The molecule has 1 aromatic rings. The van der Waals surface area contributed by atoms with Crippen LogP contribution in [0.2, 0.25) is 0 Å². The van der Waals surface area contributed by atoms with Crippen LogP contribution in [0.1, 0.15) is 25.0 Å². The molecule has 0 fully saturated rings. The summed E-state index contributed by atoms with van der Waals surface area (Å²) >= 11 is 0. The predicted molar refractivity (Wildman–Crippen MR) is 75.0 cm³/mol. The number of terminal acetylenes is 1. The molecule has 0 unspecified atom stereocenters. The van der Waals surface area contributed by atoms with Crippen LogP contribution in [0.4, 0.5) is 0 Å². The SMILES string of the molecule is C#CCN(CC)S(=O)(=O)c1cc(CO)ccc1CC. The maximum atomic E-state index is 12.5. The number of hydrogen-bond donors (Lipinski definition) is 1. The summed E-state index contributed by atoms with van der Waals surface area (Å²) in [5.74, 6) is 2.36. The van der Waals surface area contributed by atoms with Gasteiger partial charge in [-0.2, -0.15) is 4.31 Å². The van der Waals surface area contributed by atoms with E-state index < -0.39 is 10.0 Å². The lowest BCUT2D eigenvalue weighted by molar-refractivity contribution is 0.281. The number of rotatable bonds is 6. The third kappa shape index (κ3) is 3.35. The normalized spacial score (nSPS) is 11.5. The fourth-order valence-electron chi connectivity index (χ4n) is 1.84. The molecule has 0 aliphatic rings. The molecular formula is C14H19NO3S. The number of benzene rings is 1. The third-order valence-electron chi connectivity index (χ3n) is 2.93. The van der Waals surface area contributed by atoms with Gasteiger partial charge in [0, 0.05) is 6.54 Å². The van der Waals surface area contributed by atoms with E-state index >= 15 is 0 Å². The van der Waals surface area contributed by atoms with Gasteiger partial charge in [-0.1, -0.05) is 31.9 Å². The van der Waals surface area contributed by atoms with Crippen LogP contribution >= 0.6 is 0 Å². The Labute approximate surface area is 115 Å². The number of aliphatic hydroxyl groups excluding tert-OH is 1. The van der Waals surface area contributed by atoms with Crippen LogP contribution in [-0.4, -0.2) is 30.9 Å². The van der Waals surface area contributed by atoms with E-state index in [1.54, 1.807) is 19.1 Å². The maximum absolute atomic E-state index is 12.5. The van der Waals surface area contributed by atoms with E-state index in [1.165, 1.54) is 10.4 Å². The van der Waals surface area contributed by atoms with Crippen LogP contribution < -0.4 is 0 Å². The molecule has 104 valence electrons. The van der Waals surface area contributed by atoms with Gasteiger partial charge in [0.15, 0.2) is 0 Å². The summed E-state index contributed by atoms with van der Waals surface area (Å²) in [7, 11) is -3.61. The van der Waals surface area contributed by atoms with E-state index in [4.69, 9.17) is 11.5 Å². The molecule has 0 aliphatic carbocycles. The monoisotopic (exact) mass is 281 g/mol. The Morgan fingerprint density at radius 3 is 2.53 bits per heavy atom. The molecule has 0 aromatic heterocycles. The lowest BCUT2D eigenvalue weighted by Gasteiger charge is -2.20. The van der Waals surface area contributed by atoms with Gasteiger partial charge in [-0.05, 0) is 23.6 Å². The number of aliphatic hydroxyl groups is 1. The molecule has 0 heterocycles. The summed E-state index contributed by atoms with van der Waals surface area (Å²) in [6.45, 7) is 3.82. The van der Waals surface area contributed by atoms with Gasteiger partial charge < -0.3 is 5.11 Å². The first kappa shape index (κ1) is 15.7. The smallest absolute Gasteiger partial charge is 0.244 e. The standard InChI is InChI=1S/C14H19NO3S/c1-4-9-15(6-3)19(17,18)14-10-12(11-16)7-8-13(14)5-2/h1,7-8,10,16H,5-6,9,11H2,2-3H3. The van der Waals surface area contributed by atoms with E-state index in [-0.39, 0.29) is 18.0 Å². The number of aryl methyl sites for hydroxylation is 1. The second-order valence-electron chi connectivity index (χ2n) is 4.09. The van der Waals surface area contributed by atoms with Crippen molar-refractivity contribution in [2.45, 2.75) is 31.8 Å². The van der Waals surface area contributed by atoms with Crippen molar-refractivity contribution in [2.75, 3.05) is 13.1 Å². The molecule has 4 nitrogen and oxygen atoms in total. The molecule has 5 heteroatoms. The van der Waals surface area contributed by atoms with Crippen LogP contribution in [0, 0.1) is 12.3 Å². The highest BCUT2D eigenvalue weighted by Gasteiger charge is 2.25. The number of hydrogen-bond acceptors (Lipinski definition) is 3. The summed E-state index contributed by atoms with van der Waals surface area (Å²) in [4.78, 5) is 0.235. The van der Waals surface area contributed by atoms with Crippen LogP contribution in [0.15, 0.2) is 23.1 Å². The quantitative estimate of drug-likeness (QED) is 0.802. The van der Waals surface area contributed by atoms with E-state index in [0.29, 0.717) is 18.5 Å². The molecule has 0 radical (unpaired) electrons.